The molecule has 0 aliphatic heterocycles. The van der Waals surface area contributed by atoms with E-state index in [9.17, 15) is 8.78 Å². The molecule has 0 aliphatic rings. The molecule has 1 heterocycles. The molecule has 1 aromatic rings. The Hall–Kier alpha value is -0.820. The van der Waals surface area contributed by atoms with Gasteiger partial charge < -0.3 is 10.1 Å². The molecule has 16 heavy (non-hydrogen) atoms. The summed E-state index contributed by atoms with van der Waals surface area (Å²) in [6.45, 7) is 3.71. The fraction of sp³-hybridized carbons (Fsp3) is 0.778. The first-order valence-corrected chi connectivity index (χ1v) is 5.80. The van der Waals surface area contributed by atoms with E-state index < -0.39 is 13.0 Å². The summed E-state index contributed by atoms with van der Waals surface area (Å²) in [6, 6.07) is 0.302. The molecule has 0 amide bonds. The molecule has 1 aromatic heterocycles. The fourth-order valence-corrected chi connectivity index (χ4v) is 1.76. The van der Waals surface area contributed by atoms with Crippen molar-refractivity contribution in [1.29, 1.82) is 0 Å². The lowest BCUT2D eigenvalue weighted by molar-refractivity contribution is 0.0183. The van der Waals surface area contributed by atoms with Crippen molar-refractivity contribution in [3.05, 3.63) is 5.82 Å². The van der Waals surface area contributed by atoms with Gasteiger partial charge in [0, 0.05) is 24.0 Å². The van der Waals surface area contributed by atoms with Crippen LogP contribution in [0.3, 0.4) is 0 Å². The van der Waals surface area contributed by atoms with Crippen molar-refractivity contribution in [3.8, 4) is 0 Å². The monoisotopic (exact) mass is 251 g/mol. The second kappa shape index (κ2) is 6.70. The van der Waals surface area contributed by atoms with E-state index in [1.807, 2.05) is 13.8 Å². The van der Waals surface area contributed by atoms with E-state index in [2.05, 4.69) is 14.7 Å². The maximum Gasteiger partial charge on any atom is 0.261 e. The number of halogens is 2. The molecule has 1 N–H and O–H groups in total. The Morgan fingerprint density at radius 3 is 2.81 bits per heavy atom. The summed E-state index contributed by atoms with van der Waals surface area (Å²) in [6.07, 6.45) is -1.95. The van der Waals surface area contributed by atoms with Crippen LogP contribution < -0.4 is 5.32 Å². The van der Waals surface area contributed by atoms with Gasteiger partial charge in [-0.2, -0.15) is 4.37 Å². The van der Waals surface area contributed by atoms with Gasteiger partial charge in [0.15, 0.2) is 0 Å². The van der Waals surface area contributed by atoms with Gasteiger partial charge in [-0.25, -0.2) is 13.8 Å². The molecule has 0 saturated carbocycles. The quantitative estimate of drug-likeness (QED) is 0.755. The zero-order valence-electron chi connectivity index (χ0n) is 9.24. The highest BCUT2D eigenvalue weighted by Gasteiger charge is 2.06. The molecule has 92 valence electrons. The lowest BCUT2D eigenvalue weighted by atomic mass is 10.4. The number of hydrogen-bond acceptors (Lipinski definition) is 5. The topological polar surface area (TPSA) is 47.0 Å². The maximum atomic E-state index is 11.7. The van der Waals surface area contributed by atoms with Gasteiger partial charge in [-0.05, 0) is 13.8 Å². The average molecular weight is 251 g/mol. The van der Waals surface area contributed by atoms with E-state index in [0.717, 1.165) is 5.13 Å². The second-order valence-corrected chi connectivity index (χ2v) is 4.28. The Labute approximate surface area is 97.2 Å². The summed E-state index contributed by atoms with van der Waals surface area (Å²) in [5, 5.41) is 3.87. The van der Waals surface area contributed by atoms with Gasteiger partial charge in [0.2, 0.25) is 5.13 Å². The minimum atomic E-state index is -2.42. The molecule has 0 aromatic carbocycles. The molecule has 0 radical (unpaired) electrons. The summed E-state index contributed by atoms with van der Waals surface area (Å²) in [7, 11) is 0. The molecule has 0 spiro atoms. The molecular weight excluding hydrogens is 236 g/mol. The summed E-state index contributed by atoms with van der Waals surface area (Å²) < 4.78 is 32.3. The van der Waals surface area contributed by atoms with Gasteiger partial charge in [0.05, 0.1) is 6.61 Å². The molecule has 0 atom stereocenters. The van der Waals surface area contributed by atoms with Gasteiger partial charge in [-0.3, -0.25) is 0 Å². The Morgan fingerprint density at radius 2 is 2.19 bits per heavy atom. The van der Waals surface area contributed by atoms with E-state index in [-0.39, 0.29) is 6.61 Å². The van der Waals surface area contributed by atoms with Gasteiger partial charge in [0.1, 0.15) is 12.4 Å². The van der Waals surface area contributed by atoms with Crippen molar-refractivity contribution >= 4 is 16.7 Å². The minimum absolute atomic E-state index is 0.224. The zero-order chi connectivity index (χ0) is 12.0. The van der Waals surface area contributed by atoms with Crippen LogP contribution in [0, 0.1) is 0 Å². The molecule has 0 fully saturated rings. The van der Waals surface area contributed by atoms with Crippen LogP contribution in [0.1, 0.15) is 19.7 Å². The third kappa shape index (κ3) is 5.32. The van der Waals surface area contributed by atoms with Crippen LogP contribution in [0.5, 0.6) is 0 Å². The fourth-order valence-electron chi connectivity index (χ4n) is 0.997. The Kier molecular flexibility index (Phi) is 5.54. The number of aromatic nitrogens is 2. The highest BCUT2D eigenvalue weighted by Crippen LogP contribution is 2.12. The van der Waals surface area contributed by atoms with Crippen LogP contribution >= 0.6 is 11.5 Å². The third-order valence-electron chi connectivity index (χ3n) is 1.59. The van der Waals surface area contributed by atoms with Crippen molar-refractivity contribution in [1.82, 2.24) is 9.36 Å². The lowest BCUT2D eigenvalue weighted by Gasteiger charge is -2.03. The standard InChI is InChI=1S/C9H15F2N3OS/c1-6(2)12-9-13-8(14-16-9)3-4-15-5-7(10)11/h6-7H,3-5H2,1-2H3,(H,12,13,14). The smallest absolute Gasteiger partial charge is 0.261 e. The van der Waals surface area contributed by atoms with Gasteiger partial charge >= 0.3 is 0 Å². The third-order valence-corrected chi connectivity index (χ3v) is 2.28. The highest BCUT2D eigenvalue weighted by atomic mass is 32.1. The number of rotatable bonds is 7. The predicted octanol–water partition coefficient (Wildman–Crippen LogP) is 2.18. The molecular formula is C9H15F2N3OS. The van der Waals surface area contributed by atoms with Gasteiger partial charge in [-0.15, -0.1) is 0 Å². The minimum Gasteiger partial charge on any atom is -0.375 e. The van der Waals surface area contributed by atoms with Gasteiger partial charge in [-0.1, -0.05) is 0 Å². The molecule has 0 saturated heterocycles. The largest absolute Gasteiger partial charge is 0.375 e. The molecule has 1 rings (SSSR count). The molecule has 7 heteroatoms. The van der Waals surface area contributed by atoms with Crippen LogP contribution in [-0.2, 0) is 11.2 Å². The molecule has 0 aliphatic carbocycles. The highest BCUT2D eigenvalue weighted by molar-refractivity contribution is 7.09. The van der Waals surface area contributed by atoms with Crippen LogP contribution in [0.4, 0.5) is 13.9 Å². The zero-order valence-corrected chi connectivity index (χ0v) is 10.1. The van der Waals surface area contributed by atoms with E-state index in [4.69, 9.17) is 4.74 Å². The van der Waals surface area contributed by atoms with Crippen molar-refractivity contribution in [3.63, 3.8) is 0 Å². The summed E-state index contributed by atoms with van der Waals surface area (Å²) in [4.78, 5) is 4.20. The number of hydrogen-bond donors (Lipinski definition) is 1. The Morgan fingerprint density at radius 1 is 1.44 bits per heavy atom. The Bertz CT molecular complexity index is 307. The number of alkyl halides is 2. The van der Waals surface area contributed by atoms with Crippen molar-refractivity contribution in [2.75, 3.05) is 18.5 Å². The second-order valence-electron chi connectivity index (χ2n) is 3.53. The maximum absolute atomic E-state index is 11.7. The van der Waals surface area contributed by atoms with Crippen molar-refractivity contribution in [2.45, 2.75) is 32.7 Å². The first kappa shape index (κ1) is 13.2. The SMILES string of the molecule is CC(C)Nc1nc(CCOCC(F)F)ns1. The normalized spacial score (nSPS) is 11.4. The molecule has 4 nitrogen and oxygen atoms in total. The number of nitrogens with one attached hydrogen (secondary N) is 1. The van der Waals surface area contributed by atoms with Crippen LogP contribution in [0.15, 0.2) is 0 Å². The predicted molar refractivity (Wildman–Crippen MR) is 59.2 cm³/mol. The first-order valence-electron chi connectivity index (χ1n) is 5.03. The van der Waals surface area contributed by atoms with Crippen LogP contribution in [-0.4, -0.2) is 35.0 Å². The van der Waals surface area contributed by atoms with E-state index >= 15 is 0 Å². The van der Waals surface area contributed by atoms with E-state index in [1.54, 1.807) is 0 Å². The van der Waals surface area contributed by atoms with Crippen LogP contribution in [0.2, 0.25) is 0 Å². The number of nitrogens with zero attached hydrogens (tertiary/aromatic N) is 2. The van der Waals surface area contributed by atoms with Crippen LogP contribution in [0.25, 0.3) is 0 Å². The first-order chi connectivity index (χ1) is 7.58. The van der Waals surface area contributed by atoms with Gasteiger partial charge in [0.25, 0.3) is 6.43 Å². The Balaban J connectivity index is 2.24. The summed E-state index contributed by atoms with van der Waals surface area (Å²) in [5.74, 6) is 0.627. The number of anilines is 1. The summed E-state index contributed by atoms with van der Waals surface area (Å²) >= 11 is 1.27. The van der Waals surface area contributed by atoms with Crippen molar-refractivity contribution < 1.29 is 13.5 Å². The summed E-state index contributed by atoms with van der Waals surface area (Å²) in [5.41, 5.74) is 0. The average Bonchev–Trinajstić information content (AvgIpc) is 2.59. The van der Waals surface area contributed by atoms with E-state index in [0.29, 0.717) is 18.3 Å². The molecule has 0 unspecified atom stereocenters. The molecule has 0 bridgehead atoms. The lowest BCUT2D eigenvalue weighted by Crippen LogP contribution is -2.10. The van der Waals surface area contributed by atoms with Crippen molar-refractivity contribution in [2.24, 2.45) is 0 Å². The van der Waals surface area contributed by atoms with E-state index in [1.165, 1.54) is 11.5 Å². The number of ether oxygens (including phenoxy) is 1.